The van der Waals surface area contributed by atoms with Gasteiger partial charge in [-0.2, -0.15) is 0 Å². The van der Waals surface area contributed by atoms with Crippen LogP contribution in [-0.4, -0.2) is 72.3 Å². The van der Waals surface area contributed by atoms with Crippen molar-refractivity contribution in [2.45, 2.75) is 51.4 Å². The molecule has 2 aliphatic heterocycles. The second kappa shape index (κ2) is 16.4. The van der Waals surface area contributed by atoms with Crippen LogP contribution in [0.15, 0.2) is 72.8 Å². The Morgan fingerprint density at radius 1 is 0.935 bits per heavy atom. The van der Waals surface area contributed by atoms with Crippen molar-refractivity contribution in [1.82, 2.24) is 25.8 Å². The molecule has 1 saturated heterocycles. The molecule has 5 rings (SSSR count). The molecular formula is C35H42Cl2FN5O3. The molecule has 0 bridgehead atoms. The number of benzene rings is 3. The van der Waals surface area contributed by atoms with Crippen molar-refractivity contribution in [2.24, 2.45) is 5.92 Å². The Bertz CT molecular complexity index is 1500. The molecule has 2 aliphatic rings. The average Bonchev–Trinajstić information content (AvgIpc) is 3.05. The molecule has 1 fully saturated rings. The van der Waals surface area contributed by atoms with Gasteiger partial charge in [0.15, 0.2) is 0 Å². The van der Waals surface area contributed by atoms with Gasteiger partial charge < -0.3 is 20.9 Å². The summed E-state index contributed by atoms with van der Waals surface area (Å²) in [5.74, 6) is -0.987. The lowest BCUT2D eigenvalue weighted by molar-refractivity contribution is -0.138. The van der Waals surface area contributed by atoms with E-state index in [0.717, 1.165) is 11.1 Å². The van der Waals surface area contributed by atoms with E-state index in [1.165, 1.54) is 11.6 Å². The van der Waals surface area contributed by atoms with Crippen LogP contribution in [0.5, 0.6) is 0 Å². The minimum Gasteiger partial charge on any atom is -0.354 e. The first-order valence-electron chi connectivity index (χ1n) is 15.6. The molecular weight excluding hydrogens is 628 g/mol. The van der Waals surface area contributed by atoms with Crippen LogP contribution < -0.4 is 16.0 Å². The highest BCUT2D eigenvalue weighted by Gasteiger charge is 2.34. The fourth-order valence-electron chi connectivity index (χ4n) is 6.03. The van der Waals surface area contributed by atoms with Gasteiger partial charge in [-0.25, -0.2) is 4.39 Å². The highest BCUT2D eigenvalue weighted by molar-refractivity contribution is 6.30. The molecule has 46 heavy (non-hydrogen) atoms. The fraction of sp³-hybridized carbons (Fsp3) is 0.400. The molecule has 0 saturated carbocycles. The van der Waals surface area contributed by atoms with Crippen LogP contribution in [0.2, 0.25) is 5.02 Å². The molecule has 3 unspecified atom stereocenters. The molecule has 3 amide bonds. The summed E-state index contributed by atoms with van der Waals surface area (Å²) in [6.07, 6.45) is 0.873. The van der Waals surface area contributed by atoms with Gasteiger partial charge in [0, 0.05) is 62.2 Å². The van der Waals surface area contributed by atoms with Gasteiger partial charge in [-0.3, -0.25) is 19.3 Å². The summed E-state index contributed by atoms with van der Waals surface area (Å²) in [6.45, 7) is 6.29. The van der Waals surface area contributed by atoms with Crippen molar-refractivity contribution in [3.05, 3.63) is 106 Å². The van der Waals surface area contributed by atoms with Crippen LogP contribution in [0.1, 0.15) is 42.1 Å². The maximum Gasteiger partial charge on any atom is 0.245 e. The summed E-state index contributed by atoms with van der Waals surface area (Å²) < 4.78 is 14.9. The van der Waals surface area contributed by atoms with E-state index >= 15 is 0 Å². The molecule has 3 N–H and O–H groups in total. The molecule has 246 valence electrons. The number of piperazine rings is 1. The summed E-state index contributed by atoms with van der Waals surface area (Å²) in [5.41, 5.74) is 3.70. The highest BCUT2D eigenvalue weighted by atomic mass is 35.5. The number of halogens is 3. The number of rotatable bonds is 10. The summed E-state index contributed by atoms with van der Waals surface area (Å²) >= 11 is 6.10. The predicted octanol–water partition coefficient (Wildman–Crippen LogP) is 4.30. The lowest BCUT2D eigenvalue weighted by Gasteiger charge is -2.41. The van der Waals surface area contributed by atoms with E-state index in [4.69, 9.17) is 11.6 Å². The number of fused-ring (bicyclic) bond motifs is 1. The molecule has 2 heterocycles. The smallest absolute Gasteiger partial charge is 0.245 e. The average molecular weight is 671 g/mol. The predicted molar refractivity (Wildman–Crippen MR) is 180 cm³/mol. The first-order valence-corrected chi connectivity index (χ1v) is 16.0. The van der Waals surface area contributed by atoms with E-state index < -0.39 is 12.1 Å². The lowest BCUT2D eigenvalue weighted by atomic mass is 9.95. The third-order valence-electron chi connectivity index (χ3n) is 8.69. The second-order valence-corrected chi connectivity index (χ2v) is 12.5. The van der Waals surface area contributed by atoms with Crippen molar-refractivity contribution >= 4 is 41.7 Å². The number of hydrogen-bond donors (Lipinski definition) is 3. The molecule has 8 nitrogen and oxygen atoms in total. The van der Waals surface area contributed by atoms with Gasteiger partial charge in [-0.05, 0) is 41.3 Å². The Labute approximate surface area is 281 Å². The summed E-state index contributed by atoms with van der Waals surface area (Å²) in [4.78, 5) is 43.8. The molecule has 0 aromatic heterocycles. The minimum atomic E-state index is -0.767. The molecule has 0 spiro atoms. The van der Waals surface area contributed by atoms with Crippen LogP contribution in [0.25, 0.3) is 0 Å². The standard InChI is InChI=1S/C35H41ClFN5O3.ClH/c1-23(2)33(43)39-22-32(28-9-5-6-10-29(28)37)41-15-17-42(18-16-41)35(45)31(19-24-11-13-27(36)14-12-24)40-34(44)30-20-25-7-3-4-8-26(25)21-38-30;/h3-14,23,30-32,38H,15-22H2,1-2H3,(H,39,43)(H,40,44);1H. The third kappa shape index (κ3) is 8.85. The van der Waals surface area contributed by atoms with E-state index in [1.807, 2.05) is 44.2 Å². The number of hydrogen-bond acceptors (Lipinski definition) is 5. The van der Waals surface area contributed by atoms with Gasteiger partial charge in [0.1, 0.15) is 11.9 Å². The van der Waals surface area contributed by atoms with E-state index in [9.17, 15) is 18.8 Å². The second-order valence-electron chi connectivity index (χ2n) is 12.1. The Hall–Kier alpha value is -3.50. The maximum absolute atomic E-state index is 14.9. The van der Waals surface area contributed by atoms with Gasteiger partial charge in [0.25, 0.3) is 0 Å². The monoisotopic (exact) mass is 669 g/mol. The van der Waals surface area contributed by atoms with E-state index in [1.54, 1.807) is 35.2 Å². The van der Waals surface area contributed by atoms with E-state index in [2.05, 4.69) is 26.9 Å². The highest BCUT2D eigenvalue weighted by Crippen LogP contribution is 2.25. The van der Waals surface area contributed by atoms with Crippen LogP contribution in [0.4, 0.5) is 4.39 Å². The van der Waals surface area contributed by atoms with E-state index in [-0.39, 0.29) is 54.5 Å². The molecule has 3 aromatic rings. The van der Waals surface area contributed by atoms with Crippen molar-refractivity contribution in [1.29, 1.82) is 0 Å². The lowest BCUT2D eigenvalue weighted by Crippen LogP contribution is -2.58. The number of nitrogens with one attached hydrogen (secondary N) is 3. The Morgan fingerprint density at radius 2 is 1.59 bits per heavy atom. The van der Waals surface area contributed by atoms with Crippen LogP contribution >= 0.6 is 24.0 Å². The van der Waals surface area contributed by atoms with Crippen molar-refractivity contribution in [3.63, 3.8) is 0 Å². The number of nitrogens with zero attached hydrogens (tertiary/aromatic N) is 2. The summed E-state index contributed by atoms with van der Waals surface area (Å²) in [5, 5.41) is 9.92. The van der Waals surface area contributed by atoms with E-state index in [0.29, 0.717) is 56.2 Å². The normalized spacial score (nSPS) is 17.8. The SMILES string of the molecule is CC(C)C(=O)NCC(c1ccccc1F)N1CCN(C(=O)C(Cc2ccc(Cl)cc2)NC(=O)C2Cc3ccccc3CN2)CC1.Cl. The van der Waals surface area contributed by atoms with Gasteiger partial charge in [0.05, 0.1) is 12.1 Å². The zero-order valence-electron chi connectivity index (χ0n) is 26.2. The van der Waals surface area contributed by atoms with Gasteiger partial charge in [0.2, 0.25) is 17.7 Å². The fourth-order valence-corrected chi connectivity index (χ4v) is 6.15. The largest absolute Gasteiger partial charge is 0.354 e. The zero-order chi connectivity index (χ0) is 31.9. The van der Waals surface area contributed by atoms with Crippen LogP contribution in [-0.2, 0) is 33.8 Å². The molecule has 0 aliphatic carbocycles. The number of carbonyl (C=O) groups is 3. The molecule has 0 radical (unpaired) electrons. The minimum absolute atomic E-state index is 0. The molecule has 3 aromatic carbocycles. The summed E-state index contributed by atoms with van der Waals surface area (Å²) in [7, 11) is 0. The van der Waals surface area contributed by atoms with Crippen LogP contribution in [0.3, 0.4) is 0 Å². The Balaban J connectivity index is 0.00000480. The molecule has 11 heteroatoms. The first-order chi connectivity index (χ1) is 21.7. The number of amides is 3. The summed E-state index contributed by atoms with van der Waals surface area (Å²) in [6, 6.07) is 20.4. The number of carbonyl (C=O) groups excluding carboxylic acids is 3. The van der Waals surface area contributed by atoms with Crippen molar-refractivity contribution in [2.75, 3.05) is 32.7 Å². The van der Waals surface area contributed by atoms with Gasteiger partial charge in [-0.15, -0.1) is 12.4 Å². The Morgan fingerprint density at radius 3 is 2.26 bits per heavy atom. The first kappa shape index (κ1) is 35.4. The van der Waals surface area contributed by atoms with Crippen molar-refractivity contribution < 1.29 is 18.8 Å². The van der Waals surface area contributed by atoms with Gasteiger partial charge >= 0.3 is 0 Å². The van der Waals surface area contributed by atoms with Crippen molar-refractivity contribution in [3.8, 4) is 0 Å². The molecule has 3 atom stereocenters. The zero-order valence-corrected chi connectivity index (χ0v) is 27.8. The van der Waals surface area contributed by atoms with Crippen LogP contribution in [0, 0.1) is 11.7 Å². The third-order valence-corrected chi connectivity index (χ3v) is 8.94. The maximum atomic E-state index is 14.9. The topological polar surface area (TPSA) is 93.8 Å². The Kier molecular flexibility index (Phi) is 12.6. The van der Waals surface area contributed by atoms with Gasteiger partial charge in [-0.1, -0.05) is 80.0 Å². The quantitative estimate of drug-likeness (QED) is 0.299.